The van der Waals surface area contributed by atoms with E-state index in [2.05, 4.69) is 6.58 Å². The van der Waals surface area contributed by atoms with Crippen LogP contribution in [-0.2, 0) is 14.4 Å². The highest BCUT2D eigenvalue weighted by Gasteiger charge is 2.42. The lowest BCUT2D eigenvalue weighted by atomic mass is 9.87. The fraction of sp³-hybridized carbons (Fsp3) is 0.444. The molecule has 0 bridgehead atoms. The van der Waals surface area contributed by atoms with Crippen molar-refractivity contribution >= 4 is 17.7 Å². The maximum absolute atomic E-state index is 11.4. The molecule has 0 aliphatic rings. The second kappa shape index (κ2) is 4.70. The smallest absolute Gasteiger partial charge is 0.331 e. The molecule has 4 N–H and O–H groups in total. The Morgan fingerprint density at radius 3 is 2.07 bits per heavy atom. The lowest BCUT2D eigenvalue weighted by Gasteiger charge is -2.22. The van der Waals surface area contributed by atoms with Crippen LogP contribution in [0.3, 0.4) is 0 Å². The van der Waals surface area contributed by atoms with Gasteiger partial charge in [-0.3, -0.25) is 9.59 Å². The van der Waals surface area contributed by atoms with E-state index in [0.717, 1.165) is 0 Å². The van der Waals surface area contributed by atoms with E-state index in [0.29, 0.717) is 0 Å². The normalized spacial score (nSPS) is 14.0. The number of rotatable bonds is 6. The third-order valence-corrected chi connectivity index (χ3v) is 1.91. The fourth-order valence-corrected chi connectivity index (χ4v) is 1.00. The fourth-order valence-electron chi connectivity index (χ4n) is 1.00. The van der Waals surface area contributed by atoms with Crippen molar-refractivity contribution in [2.45, 2.75) is 25.3 Å². The van der Waals surface area contributed by atoms with Crippen molar-refractivity contribution in [2.24, 2.45) is 5.73 Å². The molecule has 1 unspecified atom stereocenters. The van der Waals surface area contributed by atoms with E-state index in [1.54, 1.807) is 0 Å². The largest absolute Gasteiger partial charge is 0.481 e. The number of hydrogen-bond acceptors (Lipinski definition) is 4. The molecule has 0 spiro atoms. The summed E-state index contributed by atoms with van der Waals surface area (Å²) in [6, 6.07) is 0. The van der Waals surface area contributed by atoms with Crippen LogP contribution < -0.4 is 5.73 Å². The van der Waals surface area contributed by atoms with Gasteiger partial charge in [0.1, 0.15) is 0 Å². The molecular weight excluding hydrogens is 202 g/mol. The molecule has 15 heavy (non-hydrogen) atoms. The Hall–Kier alpha value is -1.69. The molecule has 0 fully saturated rings. The van der Waals surface area contributed by atoms with Gasteiger partial charge in [-0.1, -0.05) is 6.58 Å². The highest BCUT2D eigenvalue weighted by molar-refractivity contribution is 6.15. The third kappa shape index (κ3) is 3.17. The topological polar surface area (TPSA) is 118 Å². The van der Waals surface area contributed by atoms with Gasteiger partial charge in [0.05, 0.1) is 0 Å². The van der Waals surface area contributed by atoms with Crippen LogP contribution in [0.25, 0.3) is 0 Å². The van der Waals surface area contributed by atoms with Gasteiger partial charge in [0, 0.05) is 6.42 Å². The summed E-state index contributed by atoms with van der Waals surface area (Å²) in [6.45, 7) is 4.62. The first-order valence-corrected chi connectivity index (χ1v) is 4.16. The number of aliphatic carboxylic acids is 2. The van der Waals surface area contributed by atoms with Crippen molar-refractivity contribution in [3.63, 3.8) is 0 Å². The maximum atomic E-state index is 11.4. The zero-order valence-electron chi connectivity index (χ0n) is 8.32. The Morgan fingerprint density at radius 2 is 1.80 bits per heavy atom. The zero-order valence-corrected chi connectivity index (χ0v) is 8.32. The molecule has 1 atom stereocenters. The van der Waals surface area contributed by atoms with E-state index >= 15 is 0 Å². The average molecular weight is 215 g/mol. The quantitative estimate of drug-likeness (QED) is 0.416. The first-order chi connectivity index (χ1) is 6.71. The van der Waals surface area contributed by atoms with Gasteiger partial charge in [-0.15, -0.1) is 0 Å². The molecular formula is C9H13NO5. The summed E-state index contributed by atoms with van der Waals surface area (Å²) in [5, 5.41) is 17.2. The van der Waals surface area contributed by atoms with Gasteiger partial charge < -0.3 is 15.9 Å². The van der Waals surface area contributed by atoms with E-state index in [1.807, 2.05) is 0 Å². The molecule has 6 nitrogen and oxygen atoms in total. The Labute approximate surface area is 86.4 Å². The summed E-state index contributed by atoms with van der Waals surface area (Å²) in [7, 11) is 0. The standard InChI is InChI=1S/C9H13NO5/c1-5(2)7(13)9(10,8(14)15)4-3-6(11)12/h1,3-4,10H2,2H3,(H,11,12)(H,14,15). The highest BCUT2D eigenvalue weighted by Crippen LogP contribution is 2.15. The second-order valence-corrected chi connectivity index (χ2v) is 3.28. The number of carbonyl (C=O) groups is 3. The lowest BCUT2D eigenvalue weighted by molar-refractivity contribution is -0.148. The van der Waals surface area contributed by atoms with Gasteiger partial charge in [-0.2, -0.15) is 0 Å². The first kappa shape index (κ1) is 13.3. The predicted octanol–water partition coefficient (Wildman–Crippen LogP) is -0.221. The molecule has 0 rings (SSSR count). The molecule has 0 aliphatic carbocycles. The minimum absolute atomic E-state index is 0.00899. The predicted molar refractivity (Wildman–Crippen MR) is 51.2 cm³/mol. The second-order valence-electron chi connectivity index (χ2n) is 3.28. The summed E-state index contributed by atoms with van der Waals surface area (Å²) in [4.78, 5) is 32.5. The molecule has 0 heterocycles. The van der Waals surface area contributed by atoms with Crippen molar-refractivity contribution in [2.75, 3.05) is 0 Å². The van der Waals surface area contributed by atoms with Crippen LogP contribution >= 0.6 is 0 Å². The van der Waals surface area contributed by atoms with E-state index in [4.69, 9.17) is 15.9 Å². The number of carboxylic acid groups (broad SMARTS) is 2. The molecule has 0 saturated heterocycles. The van der Waals surface area contributed by atoms with Crippen molar-refractivity contribution in [3.8, 4) is 0 Å². The molecule has 0 amide bonds. The van der Waals surface area contributed by atoms with Crippen LogP contribution in [0, 0.1) is 0 Å². The van der Waals surface area contributed by atoms with Crippen molar-refractivity contribution < 1.29 is 24.6 Å². The van der Waals surface area contributed by atoms with Crippen molar-refractivity contribution in [1.29, 1.82) is 0 Å². The van der Waals surface area contributed by atoms with Gasteiger partial charge >= 0.3 is 11.9 Å². The van der Waals surface area contributed by atoms with Crippen LogP contribution in [0.1, 0.15) is 19.8 Å². The SMILES string of the molecule is C=C(C)C(=O)C(N)(CCC(=O)O)C(=O)O. The number of ketones is 1. The average Bonchev–Trinajstić information content (AvgIpc) is 2.12. The molecule has 0 aromatic rings. The van der Waals surface area contributed by atoms with E-state index in [1.165, 1.54) is 6.92 Å². The molecule has 0 aromatic carbocycles. The zero-order chi connectivity index (χ0) is 12.2. The lowest BCUT2D eigenvalue weighted by Crippen LogP contribution is -2.55. The Bertz CT molecular complexity index is 322. The minimum atomic E-state index is -2.19. The molecule has 84 valence electrons. The number of Topliss-reactive ketones (excluding diaryl/α,β-unsaturated/α-hetero) is 1. The van der Waals surface area contributed by atoms with Gasteiger partial charge in [-0.05, 0) is 18.9 Å². The highest BCUT2D eigenvalue weighted by atomic mass is 16.4. The van der Waals surface area contributed by atoms with E-state index in [-0.39, 0.29) is 5.57 Å². The van der Waals surface area contributed by atoms with Crippen LogP contribution in [0.5, 0.6) is 0 Å². The number of carboxylic acids is 2. The van der Waals surface area contributed by atoms with Gasteiger partial charge in [0.2, 0.25) is 0 Å². The first-order valence-electron chi connectivity index (χ1n) is 4.16. The minimum Gasteiger partial charge on any atom is -0.481 e. The van der Waals surface area contributed by atoms with Crippen molar-refractivity contribution in [3.05, 3.63) is 12.2 Å². The molecule has 6 heteroatoms. The Balaban J connectivity index is 4.90. The van der Waals surface area contributed by atoms with Crippen LogP contribution in [0.15, 0.2) is 12.2 Å². The van der Waals surface area contributed by atoms with Crippen LogP contribution in [-0.4, -0.2) is 33.5 Å². The number of nitrogens with two attached hydrogens (primary N) is 1. The molecule has 0 saturated carbocycles. The summed E-state index contributed by atoms with van der Waals surface area (Å²) in [5.41, 5.74) is 3.16. The van der Waals surface area contributed by atoms with Crippen molar-refractivity contribution in [1.82, 2.24) is 0 Å². The molecule has 0 aliphatic heterocycles. The van der Waals surface area contributed by atoms with E-state index < -0.39 is 36.1 Å². The third-order valence-electron chi connectivity index (χ3n) is 1.91. The van der Waals surface area contributed by atoms with Gasteiger partial charge in [0.25, 0.3) is 0 Å². The summed E-state index contributed by atoms with van der Waals surface area (Å²) < 4.78 is 0. The number of hydrogen-bond donors (Lipinski definition) is 3. The Kier molecular flexibility index (Phi) is 4.17. The van der Waals surface area contributed by atoms with Crippen LogP contribution in [0.4, 0.5) is 0 Å². The van der Waals surface area contributed by atoms with Crippen LogP contribution in [0.2, 0.25) is 0 Å². The summed E-state index contributed by atoms with van der Waals surface area (Å²) in [5.74, 6) is -3.60. The van der Waals surface area contributed by atoms with E-state index in [9.17, 15) is 14.4 Å². The summed E-state index contributed by atoms with van der Waals surface area (Å²) >= 11 is 0. The summed E-state index contributed by atoms with van der Waals surface area (Å²) in [6.07, 6.45) is -0.939. The maximum Gasteiger partial charge on any atom is 0.331 e. The monoisotopic (exact) mass is 215 g/mol. The van der Waals surface area contributed by atoms with Gasteiger partial charge in [0.15, 0.2) is 11.3 Å². The Morgan fingerprint density at radius 1 is 1.33 bits per heavy atom. The number of carbonyl (C=O) groups excluding carboxylic acids is 1. The van der Waals surface area contributed by atoms with Gasteiger partial charge in [-0.25, -0.2) is 4.79 Å². The molecule has 0 aromatic heterocycles. The molecule has 0 radical (unpaired) electrons.